The molecule has 0 spiro atoms. The molecule has 0 saturated carbocycles. The third-order valence-electron chi connectivity index (χ3n) is 4.21. The summed E-state index contributed by atoms with van der Waals surface area (Å²) in [6.45, 7) is 0. The molecule has 1 aliphatic heterocycles. The van der Waals surface area contributed by atoms with Gasteiger partial charge >= 0.3 is 11.9 Å². The minimum Gasteiger partial charge on any atom is -0.497 e. The van der Waals surface area contributed by atoms with E-state index in [0.29, 0.717) is 16.2 Å². The van der Waals surface area contributed by atoms with Crippen LogP contribution in [0.3, 0.4) is 0 Å². The summed E-state index contributed by atoms with van der Waals surface area (Å²) >= 11 is 6.26. The van der Waals surface area contributed by atoms with Gasteiger partial charge in [-0.15, -0.1) is 11.3 Å². The van der Waals surface area contributed by atoms with Gasteiger partial charge in [0.05, 0.1) is 17.7 Å². The molecule has 1 aromatic heterocycles. The topological polar surface area (TPSA) is 121 Å². The largest absolute Gasteiger partial charge is 0.497 e. The van der Waals surface area contributed by atoms with E-state index >= 15 is 0 Å². The Morgan fingerprint density at radius 1 is 1.39 bits per heavy atom. The molecule has 0 bridgehead atoms. The molecular weight excluding hydrogens is 404 g/mol. The summed E-state index contributed by atoms with van der Waals surface area (Å²) in [6, 6.07) is 4.15. The number of hydrogen-bond donors (Lipinski definition) is 3. The van der Waals surface area contributed by atoms with Gasteiger partial charge in [0.15, 0.2) is 3.95 Å². The molecule has 8 nitrogen and oxygen atoms in total. The number of rotatable bonds is 7. The van der Waals surface area contributed by atoms with Crippen LogP contribution >= 0.6 is 23.6 Å². The fraction of sp³-hybridized carbons (Fsp3) is 0.222. The number of aromatic nitrogens is 1. The Labute approximate surface area is 168 Å². The average Bonchev–Trinajstić information content (AvgIpc) is 3.16. The van der Waals surface area contributed by atoms with Crippen LogP contribution in [0.25, 0.3) is 11.6 Å². The first kappa shape index (κ1) is 19.8. The van der Waals surface area contributed by atoms with E-state index in [1.54, 1.807) is 25.5 Å². The van der Waals surface area contributed by atoms with Crippen molar-refractivity contribution in [2.45, 2.75) is 18.9 Å². The Morgan fingerprint density at radius 3 is 2.79 bits per heavy atom. The Balaban J connectivity index is 2.01. The van der Waals surface area contributed by atoms with Crippen LogP contribution in [0.1, 0.15) is 29.3 Å². The van der Waals surface area contributed by atoms with Gasteiger partial charge in [-0.2, -0.15) is 0 Å². The Bertz CT molecular complexity index is 1070. The predicted octanol–water partition coefficient (Wildman–Crippen LogP) is 3.74. The molecule has 0 amide bonds. The molecule has 1 atom stereocenters. The number of thiazole rings is 1. The Morgan fingerprint density at radius 2 is 2.14 bits per heavy atom. The summed E-state index contributed by atoms with van der Waals surface area (Å²) in [5, 5.41) is 28.9. The molecule has 0 aliphatic carbocycles. The maximum absolute atomic E-state index is 11.6. The smallest absolute Gasteiger partial charge is 0.326 e. The second kappa shape index (κ2) is 7.95. The summed E-state index contributed by atoms with van der Waals surface area (Å²) in [7, 11) is 1.56. The van der Waals surface area contributed by atoms with Crippen LogP contribution in [0, 0.1) is 3.95 Å². The molecule has 10 heteroatoms. The predicted molar refractivity (Wildman–Crippen MR) is 107 cm³/mol. The van der Waals surface area contributed by atoms with Gasteiger partial charge in [0, 0.05) is 23.8 Å². The van der Waals surface area contributed by atoms with E-state index in [4.69, 9.17) is 22.1 Å². The van der Waals surface area contributed by atoms with Crippen molar-refractivity contribution in [3.8, 4) is 11.6 Å². The summed E-state index contributed by atoms with van der Waals surface area (Å²) in [6.07, 6.45) is 2.75. The molecular formula is C18H16N2O6S2. The van der Waals surface area contributed by atoms with Gasteiger partial charge in [-0.05, 0) is 42.9 Å². The number of aliphatic carboxylic acids is 2. The third-order valence-corrected chi connectivity index (χ3v) is 5.55. The first-order chi connectivity index (χ1) is 13.3. The summed E-state index contributed by atoms with van der Waals surface area (Å²) < 4.78 is 6.45. The van der Waals surface area contributed by atoms with Gasteiger partial charge < -0.3 is 20.1 Å². The van der Waals surface area contributed by atoms with Crippen LogP contribution in [-0.4, -0.2) is 45.1 Å². The monoisotopic (exact) mass is 420 g/mol. The standard InChI is InChI=1S/C18H16N2O6S2/c1-26-10-2-3-12-11(7-10)9(8-19-12)6-14-16(23)20(18(27)28-14)13(17(24)25)4-5-15(21)22/h2-3,6-8,13,23H,4-5H2,1H3,(H,21,22)(H,24,25)/t13-/m1/s1. The van der Waals surface area contributed by atoms with Crippen LogP contribution < -0.4 is 4.74 Å². The van der Waals surface area contributed by atoms with E-state index < -0.39 is 18.0 Å². The fourth-order valence-electron chi connectivity index (χ4n) is 2.84. The number of benzene rings is 1. The molecule has 2 aromatic rings. The first-order valence-corrected chi connectivity index (χ1v) is 9.37. The molecule has 146 valence electrons. The average molecular weight is 420 g/mol. The minimum atomic E-state index is -1.27. The fourth-order valence-corrected chi connectivity index (χ4v) is 4.20. The van der Waals surface area contributed by atoms with E-state index in [-0.39, 0.29) is 22.7 Å². The van der Waals surface area contributed by atoms with Crippen molar-refractivity contribution in [1.82, 2.24) is 4.57 Å². The molecule has 3 N–H and O–H groups in total. The number of fused-ring (bicyclic) bond motifs is 1. The van der Waals surface area contributed by atoms with E-state index in [2.05, 4.69) is 4.99 Å². The van der Waals surface area contributed by atoms with Crippen molar-refractivity contribution in [1.29, 1.82) is 0 Å². The number of carboxylic acids is 2. The third kappa shape index (κ3) is 3.82. The molecule has 0 radical (unpaired) electrons. The van der Waals surface area contributed by atoms with Gasteiger partial charge in [-0.3, -0.25) is 14.4 Å². The zero-order chi connectivity index (χ0) is 20.4. The number of nitrogens with zero attached hydrogens (tertiary/aromatic N) is 2. The molecule has 2 heterocycles. The Kier molecular flexibility index (Phi) is 5.61. The number of allylic oxidation sites excluding steroid dienone is 1. The number of ether oxygens (including phenoxy) is 1. The van der Waals surface area contributed by atoms with E-state index in [1.807, 2.05) is 12.1 Å². The van der Waals surface area contributed by atoms with Crippen LogP contribution in [0.2, 0.25) is 0 Å². The molecule has 0 unspecified atom stereocenters. The maximum Gasteiger partial charge on any atom is 0.326 e. The van der Waals surface area contributed by atoms with Gasteiger partial charge in [0.2, 0.25) is 5.88 Å². The quantitative estimate of drug-likeness (QED) is 0.583. The number of aliphatic imine (C=N–C) groups is 1. The second-order valence-corrected chi connectivity index (χ2v) is 7.63. The zero-order valence-electron chi connectivity index (χ0n) is 14.7. The van der Waals surface area contributed by atoms with Crippen molar-refractivity contribution >= 4 is 59.0 Å². The van der Waals surface area contributed by atoms with Crippen LogP contribution in [0.15, 0.2) is 23.2 Å². The number of carboxylic acid groups (broad SMARTS) is 2. The number of carbonyl (C=O) groups is 2. The first-order valence-electron chi connectivity index (χ1n) is 8.15. The van der Waals surface area contributed by atoms with Crippen LogP contribution in [-0.2, 0) is 9.59 Å². The van der Waals surface area contributed by atoms with Crippen molar-refractivity contribution in [3.05, 3.63) is 32.6 Å². The number of aromatic hydroxyl groups is 1. The summed E-state index contributed by atoms with van der Waals surface area (Å²) in [5.74, 6) is -2.04. The van der Waals surface area contributed by atoms with E-state index in [9.17, 15) is 19.8 Å². The van der Waals surface area contributed by atoms with Crippen molar-refractivity contribution in [2.75, 3.05) is 7.11 Å². The highest BCUT2D eigenvalue weighted by atomic mass is 32.1. The van der Waals surface area contributed by atoms with Gasteiger partial charge in [-0.25, -0.2) is 4.79 Å². The highest BCUT2D eigenvalue weighted by Crippen LogP contribution is 2.39. The second-order valence-electron chi connectivity index (χ2n) is 5.95. The SMILES string of the molecule is COc1ccc2c(c1)C(=Cc1sc(=S)n([C@H](CCC(=O)O)C(=O)O)c1O)C=N2. The maximum atomic E-state index is 11.6. The molecule has 1 aliphatic rings. The molecule has 3 rings (SSSR count). The van der Waals surface area contributed by atoms with Crippen molar-refractivity contribution in [3.63, 3.8) is 0 Å². The lowest BCUT2D eigenvalue weighted by atomic mass is 10.1. The lowest BCUT2D eigenvalue weighted by Gasteiger charge is -2.14. The Hall–Kier alpha value is -2.98. The lowest BCUT2D eigenvalue weighted by molar-refractivity contribution is -0.142. The van der Waals surface area contributed by atoms with Gasteiger partial charge in [0.25, 0.3) is 0 Å². The van der Waals surface area contributed by atoms with E-state index in [0.717, 1.165) is 27.2 Å². The summed E-state index contributed by atoms with van der Waals surface area (Å²) in [5.41, 5.74) is 2.27. The molecule has 0 saturated heterocycles. The van der Waals surface area contributed by atoms with Crippen LogP contribution in [0.5, 0.6) is 11.6 Å². The zero-order valence-corrected chi connectivity index (χ0v) is 16.3. The van der Waals surface area contributed by atoms with Crippen molar-refractivity contribution < 1.29 is 29.6 Å². The van der Waals surface area contributed by atoms with Gasteiger partial charge in [-0.1, -0.05) is 0 Å². The molecule has 28 heavy (non-hydrogen) atoms. The number of methoxy groups -OCH3 is 1. The molecule has 1 aromatic carbocycles. The normalized spacial score (nSPS) is 14.8. The van der Waals surface area contributed by atoms with E-state index in [1.165, 1.54) is 0 Å². The van der Waals surface area contributed by atoms with Crippen molar-refractivity contribution in [2.24, 2.45) is 4.99 Å². The van der Waals surface area contributed by atoms with Crippen LogP contribution in [0.4, 0.5) is 5.69 Å². The number of hydrogen-bond acceptors (Lipinski definition) is 7. The molecule has 0 fully saturated rings. The highest BCUT2D eigenvalue weighted by molar-refractivity contribution is 7.73. The summed E-state index contributed by atoms with van der Waals surface area (Å²) in [4.78, 5) is 27.1. The lowest BCUT2D eigenvalue weighted by Crippen LogP contribution is -2.20. The highest BCUT2D eigenvalue weighted by Gasteiger charge is 2.26. The van der Waals surface area contributed by atoms with Gasteiger partial charge in [0.1, 0.15) is 11.8 Å². The minimum absolute atomic E-state index is 0.142.